The van der Waals surface area contributed by atoms with E-state index in [4.69, 9.17) is 21.1 Å². The number of methoxy groups -OCH3 is 1. The molecule has 2 fully saturated rings. The number of fused-ring (bicyclic) bond motifs is 2. The topological polar surface area (TPSA) is 119 Å². The fraction of sp³-hybridized carbons (Fsp3) is 0.406. The number of carbonyl (C=O) groups excluding carboxylic acids is 1. The molecule has 5 heterocycles. The summed E-state index contributed by atoms with van der Waals surface area (Å²) in [5.41, 5.74) is 4.93. The lowest BCUT2D eigenvalue weighted by Crippen LogP contribution is -2.50. The number of anilines is 6. The van der Waals surface area contributed by atoms with Gasteiger partial charge in [0.2, 0.25) is 5.95 Å². The Balaban J connectivity index is 1.13. The molecule has 13 heteroatoms. The Hall–Kier alpha value is -4.26. The van der Waals surface area contributed by atoms with Crippen molar-refractivity contribution in [1.29, 1.82) is 0 Å². The second-order valence-corrected chi connectivity index (χ2v) is 12.2. The van der Waals surface area contributed by atoms with E-state index in [-0.39, 0.29) is 18.1 Å². The maximum Gasteiger partial charge on any atom is 0.256 e. The molecule has 4 aliphatic rings. The molecule has 236 valence electrons. The summed E-state index contributed by atoms with van der Waals surface area (Å²) in [5, 5.41) is 16.8. The number of morpholine rings is 1. The first-order chi connectivity index (χ1) is 21.9. The second-order valence-electron chi connectivity index (χ2n) is 11.8. The molecule has 0 bridgehead atoms. The minimum absolute atomic E-state index is 0.0606. The van der Waals surface area contributed by atoms with Crippen molar-refractivity contribution in [3.63, 3.8) is 0 Å². The van der Waals surface area contributed by atoms with Gasteiger partial charge in [0, 0.05) is 75.2 Å². The zero-order chi connectivity index (χ0) is 31.1. The van der Waals surface area contributed by atoms with Crippen molar-refractivity contribution in [2.75, 3.05) is 74.0 Å². The lowest BCUT2D eigenvalue weighted by Gasteiger charge is -2.41. The highest BCUT2D eigenvalue weighted by Crippen LogP contribution is 2.39. The Morgan fingerprint density at radius 2 is 1.91 bits per heavy atom. The van der Waals surface area contributed by atoms with Crippen LogP contribution in [0, 0.1) is 0 Å². The van der Waals surface area contributed by atoms with Gasteiger partial charge in [-0.05, 0) is 37.1 Å². The van der Waals surface area contributed by atoms with Crippen LogP contribution in [-0.2, 0) is 11.3 Å². The number of aromatic nitrogens is 2. The second kappa shape index (κ2) is 12.3. The van der Waals surface area contributed by atoms with Crippen LogP contribution in [0.15, 0.2) is 48.9 Å². The Bertz CT molecular complexity index is 1630. The van der Waals surface area contributed by atoms with Crippen molar-refractivity contribution in [1.82, 2.24) is 19.8 Å². The molecule has 0 saturated carbocycles. The quantitative estimate of drug-likeness (QED) is 0.348. The standard InChI is InChI=1S/C32H37ClN8O4/c1-38-18-23-27(41-12-11-40-13-14-45-19-21(40)17-41)6-5-26(29(23)31(38)43)35-30-24(33)16-34-32(37-30)36-25-4-3-20(15-28(25)44-2)39-9-7-22(42)8-10-39/h3-6,11-12,15-16,21-22,42H,7-10,13-14,17-19H2,1-2H3,(H2,34,35,36,37). The first kappa shape index (κ1) is 29.5. The molecule has 4 aliphatic heterocycles. The molecule has 1 atom stereocenters. The molecule has 3 aromatic rings. The van der Waals surface area contributed by atoms with Gasteiger partial charge in [-0.2, -0.15) is 4.98 Å². The van der Waals surface area contributed by atoms with Crippen LogP contribution in [0.2, 0.25) is 5.02 Å². The molecule has 3 N–H and O–H groups in total. The third kappa shape index (κ3) is 5.81. The summed E-state index contributed by atoms with van der Waals surface area (Å²) in [6, 6.07) is 10.1. The van der Waals surface area contributed by atoms with Gasteiger partial charge in [-0.1, -0.05) is 11.6 Å². The minimum atomic E-state index is -0.239. The number of carbonyl (C=O) groups is 1. The molecule has 1 unspecified atom stereocenters. The number of piperidine rings is 1. The average molecular weight is 633 g/mol. The van der Waals surface area contributed by atoms with Gasteiger partial charge in [0.25, 0.3) is 5.91 Å². The van der Waals surface area contributed by atoms with Gasteiger partial charge in [0.05, 0.1) is 55.6 Å². The van der Waals surface area contributed by atoms with Crippen LogP contribution in [0.3, 0.4) is 0 Å². The number of nitrogens with zero attached hydrogens (tertiary/aromatic N) is 6. The van der Waals surface area contributed by atoms with Crippen molar-refractivity contribution in [2.45, 2.75) is 31.5 Å². The minimum Gasteiger partial charge on any atom is -0.494 e. The summed E-state index contributed by atoms with van der Waals surface area (Å²) in [5.74, 6) is 1.28. The highest BCUT2D eigenvalue weighted by atomic mass is 35.5. The van der Waals surface area contributed by atoms with Crippen LogP contribution in [0.5, 0.6) is 5.75 Å². The molecule has 0 radical (unpaired) electrons. The summed E-state index contributed by atoms with van der Waals surface area (Å²) < 4.78 is 11.4. The number of amides is 1. The fourth-order valence-electron chi connectivity index (χ4n) is 6.44. The van der Waals surface area contributed by atoms with E-state index in [0.29, 0.717) is 52.6 Å². The summed E-state index contributed by atoms with van der Waals surface area (Å²) in [7, 11) is 3.43. The monoisotopic (exact) mass is 632 g/mol. The maximum atomic E-state index is 13.4. The molecular weight excluding hydrogens is 596 g/mol. The average Bonchev–Trinajstić information content (AvgIpc) is 3.36. The van der Waals surface area contributed by atoms with Gasteiger partial charge in [0.1, 0.15) is 10.8 Å². The third-order valence-corrected chi connectivity index (χ3v) is 9.21. The van der Waals surface area contributed by atoms with Crippen molar-refractivity contribution in [2.24, 2.45) is 0 Å². The molecule has 2 aromatic carbocycles. The molecule has 12 nitrogen and oxygen atoms in total. The van der Waals surface area contributed by atoms with E-state index in [1.165, 1.54) is 6.20 Å². The Kier molecular flexibility index (Phi) is 8.03. The first-order valence-electron chi connectivity index (χ1n) is 15.3. The number of halogens is 1. The molecule has 1 amide bonds. The van der Waals surface area contributed by atoms with Gasteiger partial charge in [-0.15, -0.1) is 0 Å². The van der Waals surface area contributed by atoms with Crippen LogP contribution in [-0.4, -0.2) is 96.5 Å². The van der Waals surface area contributed by atoms with Crippen LogP contribution < -0.4 is 25.2 Å². The maximum absolute atomic E-state index is 13.4. The summed E-state index contributed by atoms with van der Waals surface area (Å²) >= 11 is 6.57. The molecule has 45 heavy (non-hydrogen) atoms. The Morgan fingerprint density at radius 3 is 2.73 bits per heavy atom. The predicted molar refractivity (Wildman–Crippen MR) is 174 cm³/mol. The molecule has 1 aromatic heterocycles. The van der Waals surface area contributed by atoms with E-state index in [1.54, 1.807) is 12.0 Å². The van der Waals surface area contributed by atoms with Crippen LogP contribution in [0.25, 0.3) is 0 Å². The summed E-state index contributed by atoms with van der Waals surface area (Å²) in [6.07, 6.45) is 6.98. The van der Waals surface area contributed by atoms with Gasteiger partial charge >= 0.3 is 0 Å². The van der Waals surface area contributed by atoms with Gasteiger partial charge in [-0.25, -0.2) is 4.98 Å². The zero-order valence-electron chi connectivity index (χ0n) is 25.4. The number of aliphatic hydroxyl groups is 1. The van der Waals surface area contributed by atoms with Crippen molar-refractivity contribution >= 4 is 52.0 Å². The van der Waals surface area contributed by atoms with E-state index in [1.807, 2.05) is 37.4 Å². The van der Waals surface area contributed by atoms with E-state index in [9.17, 15) is 9.90 Å². The molecule has 7 rings (SSSR count). The van der Waals surface area contributed by atoms with Gasteiger partial charge < -0.3 is 44.8 Å². The van der Waals surface area contributed by atoms with Crippen LogP contribution in [0.1, 0.15) is 28.8 Å². The van der Waals surface area contributed by atoms with Crippen molar-refractivity contribution < 1.29 is 19.4 Å². The number of benzene rings is 2. The number of rotatable bonds is 7. The van der Waals surface area contributed by atoms with E-state index in [0.717, 1.165) is 62.6 Å². The van der Waals surface area contributed by atoms with Crippen molar-refractivity contribution in [3.8, 4) is 5.75 Å². The fourth-order valence-corrected chi connectivity index (χ4v) is 6.57. The van der Waals surface area contributed by atoms with E-state index >= 15 is 0 Å². The predicted octanol–water partition coefficient (Wildman–Crippen LogP) is 4.16. The number of aliphatic hydroxyl groups excluding tert-OH is 1. The molecule has 0 spiro atoms. The highest BCUT2D eigenvalue weighted by molar-refractivity contribution is 6.33. The zero-order valence-corrected chi connectivity index (χ0v) is 26.1. The SMILES string of the molecule is COc1cc(N2CCC(O)CC2)ccc1Nc1ncc(Cl)c(Nc2ccc(N3C=CN4CCOCC4C3)c3c2C(=O)N(C)C3)n1. The molecular formula is C32H37ClN8O4. The molecule has 0 aliphatic carbocycles. The van der Waals surface area contributed by atoms with Crippen LogP contribution >= 0.6 is 11.6 Å². The summed E-state index contributed by atoms with van der Waals surface area (Å²) in [4.78, 5) is 30.9. The third-order valence-electron chi connectivity index (χ3n) is 8.93. The summed E-state index contributed by atoms with van der Waals surface area (Å²) in [6.45, 7) is 5.18. The number of nitrogens with one attached hydrogen (secondary N) is 2. The van der Waals surface area contributed by atoms with E-state index < -0.39 is 0 Å². The lowest BCUT2D eigenvalue weighted by molar-refractivity contribution is 0.0166. The van der Waals surface area contributed by atoms with Gasteiger partial charge in [0.15, 0.2) is 5.82 Å². The van der Waals surface area contributed by atoms with Crippen LogP contribution in [0.4, 0.5) is 34.5 Å². The highest BCUT2D eigenvalue weighted by Gasteiger charge is 2.34. The Morgan fingerprint density at radius 1 is 1.09 bits per heavy atom. The van der Waals surface area contributed by atoms with Gasteiger partial charge in [-0.3, -0.25) is 4.79 Å². The number of hydrogen-bond donors (Lipinski definition) is 3. The Labute approximate surface area is 267 Å². The first-order valence-corrected chi connectivity index (χ1v) is 15.6. The largest absolute Gasteiger partial charge is 0.494 e. The number of ether oxygens (including phenoxy) is 2. The number of hydrogen-bond acceptors (Lipinski definition) is 11. The van der Waals surface area contributed by atoms with Crippen molar-refractivity contribution in [3.05, 3.63) is 65.1 Å². The molecule has 2 saturated heterocycles. The van der Waals surface area contributed by atoms with E-state index in [2.05, 4.69) is 47.7 Å². The normalized spacial score (nSPS) is 19.9. The smallest absolute Gasteiger partial charge is 0.256 e. The lowest BCUT2D eigenvalue weighted by atomic mass is 10.0.